The summed E-state index contributed by atoms with van der Waals surface area (Å²) in [4.78, 5) is 48.3. The van der Waals surface area contributed by atoms with Crippen LogP contribution in [0.25, 0.3) is 0 Å². The molecule has 1 atom stereocenters. The van der Waals surface area contributed by atoms with Crippen LogP contribution in [0.2, 0.25) is 0 Å². The van der Waals surface area contributed by atoms with Gasteiger partial charge in [-0.25, -0.2) is 0 Å². The standard InChI is InChI=1S/C12H20N2O7P2/c13-11(7-6-10-4-2-1-3-5-10)12(15)14(8-22(16,17)18)9-23(19,20)21/h1-5,11H,6-9,13H2,(H2,16,17,18)(H2,19,20,21)/t11-/m0/s1. The maximum Gasteiger partial charge on any atom is 0.344 e. The van der Waals surface area contributed by atoms with Crippen molar-refractivity contribution >= 4 is 21.1 Å². The molecule has 0 radical (unpaired) electrons. The number of nitrogens with two attached hydrogens (primary N) is 1. The molecule has 9 nitrogen and oxygen atoms in total. The van der Waals surface area contributed by atoms with E-state index in [0.29, 0.717) is 11.3 Å². The highest BCUT2D eigenvalue weighted by molar-refractivity contribution is 7.52. The maximum atomic E-state index is 12.1. The van der Waals surface area contributed by atoms with E-state index in [2.05, 4.69) is 0 Å². The van der Waals surface area contributed by atoms with Gasteiger partial charge < -0.3 is 30.2 Å². The molecule has 0 spiro atoms. The quantitative estimate of drug-likeness (QED) is 0.403. The molecule has 0 fully saturated rings. The predicted molar refractivity (Wildman–Crippen MR) is 83.4 cm³/mol. The number of hydrogen-bond acceptors (Lipinski definition) is 4. The van der Waals surface area contributed by atoms with Crippen molar-refractivity contribution in [2.45, 2.75) is 18.9 Å². The second kappa shape index (κ2) is 8.17. The Morgan fingerprint density at radius 2 is 1.52 bits per heavy atom. The van der Waals surface area contributed by atoms with E-state index in [1.165, 1.54) is 0 Å². The molecule has 6 N–H and O–H groups in total. The Hall–Kier alpha value is -1.05. The molecule has 0 heterocycles. The highest BCUT2D eigenvalue weighted by atomic mass is 31.2. The molecule has 0 aliphatic carbocycles. The highest BCUT2D eigenvalue weighted by Gasteiger charge is 2.31. The second-order valence-corrected chi connectivity index (χ2v) is 8.35. The van der Waals surface area contributed by atoms with Crippen molar-refractivity contribution < 1.29 is 33.5 Å². The molecule has 0 aliphatic rings. The number of hydrogen-bond donors (Lipinski definition) is 5. The Labute approximate surface area is 133 Å². The fourth-order valence-electron chi connectivity index (χ4n) is 1.95. The first-order chi connectivity index (χ1) is 10.5. The summed E-state index contributed by atoms with van der Waals surface area (Å²) in [6.07, 6.45) is -1.54. The van der Waals surface area contributed by atoms with Crippen molar-refractivity contribution in [3.05, 3.63) is 35.9 Å². The minimum absolute atomic E-state index is 0.182. The second-order valence-electron chi connectivity index (χ2n) is 5.12. The van der Waals surface area contributed by atoms with Crippen molar-refractivity contribution in [2.75, 3.05) is 12.6 Å². The maximum absolute atomic E-state index is 12.1. The van der Waals surface area contributed by atoms with Gasteiger partial charge in [-0.15, -0.1) is 0 Å². The Morgan fingerprint density at radius 3 is 1.96 bits per heavy atom. The number of amides is 1. The number of rotatable bonds is 8. The van der Waals surface area contributed by atoms with Crippen molar-refractivity contribution in [2.24, 2.45) is 5.73 Å². The SMILES string of the molecule is N[C@@H](CCc1ccccc1)C(=O)N(CP(=O)(O)O)CP(=O)(O)O. The van der Waals surface area contributed by atoms with Crippen LogP contribution in [0.3, 0.4) is 0 Å². The first kappa shape index (κ1) is 20.0. The molecule has 23 heavy (non-hydrogen) atoms. The molecule has 0 aromatic heterocycles. The first-order valence-electron chi connectivity index (χ1n) is 6.65. The largest absolute Gasteiger partial charge is 0.344 e. The van der Waals surface area contributed by atoms with Gasteiger partial charge in [-0.05, 0) is 18.4 Å². The summed E-state index contributed by atoms with van der Waals surface area (Å²) in [6.45, 7) is 0. The van der Waals surface area contributed by atoms with Crippen LogP contribution in [-0.2, 0) is 20.3 Å². The zero-order valence-corrected chi connectivity index (χ0v) is 14.0. The van der Waals surface area contributed by atoms with Gasteiger partial charge in [-0.3, -0.25) is 13.9 Å². The molecule has 0 saturated heterocycles. The van der Waals surface area contributed by atoms with Gasteiger partial charge in [0.1, 0.15) is 12.6 Å². The Bertz CT molecular complexity index is 589. The summed E-state index contributed by atoms with van der Waals surface area (Å²) >= 11 is 0. The number of nitrogens with zero attached hydrogens (tertiary/aromatic N) is 1. The van der Waals surface area contributed by atoms with Gasteiger partial charge in [0.25, 0.3) is 0 Å². The zero-order chi connectivity index (χ0) is 17.7. The van der Waals surface area contributed by atoms with Crippen molar-refractivity contribution in [1.29, 1.82) is 0 Å². The lowest BCUT2D eigenvalue weighted by atomic mass is 10.1. The van der Waals surface area contributed by atoms with Crippen LogP contribution in [0.5, 0.6) is 0 Å². The van der Waals surface area contributed by atoms with Gasteiger partial charge in [0.15, 0.2) is 0 Å². The summed E-state index contributed by atoms with van der Waals surface area (Å²) in [5.74, 6) is -0.910. The summed E-state index contributed by atoms with van der Waals surface area (Å²) in [5, 5.41) is 0. The van der Waals surface area contributed by atoms with Crippen LogP contribution < -0.4 is 5.73 Å². The number of aryl methyl sites for hydroxylation is 1. The van der Waals surface area contributed by atoms with E-state index in [0.717, 1.165) is 5.56 Å². The van der Waals surface area contributed by atoms with Crippen LogP contribution in [0.1, 0.15) is 12.0 Å². The third-order valence-electron chi connectivity index (χ3n) is 2.93. The topological polar surface area (TPSA) is 161 Å². The molecule has 0 unspecified atom stereocenters. The van der Waals surface area contributed by atoms with Crippen LogP contribution in [0.15, 0.2) is 30.3 Å². The number of carbonyl (C=O) groups is 1. The third-order valence-corrected chi connectivity index (χ3v) is 4.35. The van der Waals surface area contributed by atoms with E-state index in [4.69, 9.17) is 25.3 Å². The third kappa shape index (κ3) is 8.39. The van der Waals surface area contributed by atoms with Gasteiger partial charge >= 0.3 is 15.2 Å². The lowest BCUT2D eigenvalue weighted by Gasteiger charge is -2.26. The molecule has 1 amide bonds. The van der Waals surface area contributed by atoms with Crippen molar-refractivity contribution in [1.82, 2.24) is 4.90 Å². The molecule has 1 aromatic carbocycles. The lowest BCUT2D eigenvalue weighted by molar-refractivity contribution is -0.131. The Kier molecular flexibility index (Phi) is 7.10. The van der Waals surface area contributed by atoms with Gasteiger partial charge in [0.05, 0.1) is 6.04 Å². The molecule has 0 saturated carbocycles. The van der Waals surface area contributed by atoms with Crippen molar-refractivity contribution in [3.8, 4) is 0 Å². The fourth-order valence-corrected chi connectivity index (χ4v) is 3.48. The van der Waals surface area contributed by atoms with E-state index >= 15 is 0 Å². The minimum Gasteiger partial charge on any atom is -0.323 e. The Balaban J connectivity index is 2.74. The molecular formula is C12H20N2O7P2. The summed E-state index contributed by atoms with van der Waals surface area (Å²) in [7, 11) is -9.34. The van der Waals surface area contributed by atoms with Crippen molar-refractivity contribution in [3.63, 3.8) is 0 Å². The molecular weight excluding hydrogens is 346 g/mol. The van der Waals surface area contributed by atoms with Gasteiger partial charge in [0.2, 0.25) is 5.91 Å². The van der Waals surface area contributed by atoms with E-state index < -0.39 is 39.7 Å². The van der Waals surface area contributed by atoms with Crippen LogP contribution >= 0.6 is 15.2 Å². The highest BCUT2D eigenvalue weighted by Crippen LogP contribution is 2.41. The normalized spacial score (nSPS) is 13.6. The first-order valence-corrected chi connectivity index (χ1v) is 10.2. The molecule has 0 aliphatic heterocycles. The van der Waals surface area contributed by atoms with Gasteiger partial charge in [0, 0.05) is 0 Å². The average molecular weight is 366 g/mol. The van der Waals surface area contributed by atoms with E-state index in [-0.39, 0.29) is 6.42 Å². The summed E-state index contributed by atoms with van der Waals surface area (Å²) in [6, 6.07) is 8.01. The molecule has 1 rings (SSSR count). The monoisotopic (exact) mass is 366 g/mol. The molecule has 11 heteroatoms. The average Bonchev–Trinajstić information content (AvgIpc) is 2.41. The number of carbonyl (C=O) groups excluding carboxylic acids is 1. The summed E-state index contributed by atoms with van der Waals surface area (Å²) < 4.78 is 22.1. The predicted octanol–water partition coefficient (Wildman–Crippen LogP) is 0.0455. The molecule has 1 aromatic rings. The van der Waals surface area contributed by atoms with Gasteiger partial charge in [-0.2, -0.15) is 0 Å². The van der Waals surface area contributed by atoms with E-state index in [9.17, 15) is 13.9 Å². The molecule has 130 valence electrons. The van der Waals surface area contributed by atoms with Crippen LogP contribution in [0, 0.1) is 0 Å². The van der Waals surface area contributed by atoms with E-state index in [1.807, 2.05) is 30.3 Å². The summed E-state index contributed by atoms with van der Waals surface area (Å²) in [5.41, 5.74) is 6.63. The van der Waals surface area contributed by atoms with Crippen LogP contribution in [-0.4, -0.2) is 49.0 Å². The number of benzene rings is 1. The smallest absolute Gasteiger partial charge is 0.323 e. The molecule has 0 bridgehead atoms. The minimum atomic E-state index is -4.67. The fraction of sp³-hybridized carbons (Fsp3) is 0.417. The van der Waals surface area contributed by atoms with Crippen LogP contribution in [0.4, 0.5) is 0 Å². The zero-order valence-electron chi connectivity index (χ0n) is 12.2. The van der Waals surface area contributed by atoms with E-state index in [1.54, 1.807) is 0 Å². The Morgan fingerprint density at radius 1 is 1.04 bits per heavy atom. The lowest BCUT2D eigenvalue weighted by Crippen LogP contribution is -2.44. The van der Waals surface area contributed by atoms with Gasteiger partial charge in [-0.1, -0.05) is 30.3 Å².